The van der Waals surface area contributed by atoms with Gasteiger partial charge in [-0.1, -0.05) is 42.5 Å². The van der Waals surface area contributed by atoms with Gasteiger partial charge < -0.3 is 5.11 Å². The topological polar surface area (TPSA) is 23.5 Å². The van der Waals surface area contributed by atoms with Crippen LogP contribution >= 0.6 is 0 Å². The van der Waals surface area contributed by atoms with Gasteiger partial charge in [-0.2, -0.15) is 0 Å². The molecule has 0 aromatic heterocycles. The maximum Gasteiger partial charge on any atom is 0.0449 e. The molecule has 1 heterocycles. The van der Waals surface area contributed by atoms with Gasteiger partial charge in [-0.05, 0) is 48.5 Å². The zero-order valence-electron chi connectivity index (χ0n) is 12.6. The number of hydrogen-bond acceptors (Lipinski definition) is 2. The lowest BCUT2D eigenvalue weighted by molar-refractivity contribution is 0.169. The summed E-state index contributed by atoms with van der Waals surface area (Å²) < 4.78 is 0. The number of aliphatic hydroxyl groups excluding tert-OH is 1. The van der Waals surface area contributed by atoms with E-state index in [0.29, 0.717) is 6.04 Å². The Hall–Kier alpha value is -1.12. The lowest BCUT2D eigenvalue weighted by atomic mass is 9.64. The first kappa shape index (κ1) is 13.5. The molecule has 5 atom stereocenters. The molecule has 0 spiro atoms. The average Bonchev–Trinajstić information content (AvgIpc) is 3.01. The van der Waals surface area contributed by atoms with Gasteiger partial charge in [0.25, 0.3) is 0 Å². The van der Waals surface area contributed by atoms with Gasteiger partial charge >= 0.3 is 0 Å². The van der Waals surface area contributed by atoms with Crippen LogP contribution < -0.4 is 0 Å². The zero-order chi connectivity index (χ0) is 14.2. The highest BCUT2D eigenvalue weighted by Crippen LogP contribution is 2.49. The Kier molecular flexibility index (Phi) is 3.60. The molecule has 1 N–H and O–H groups in total. The summed E-state index contributed by atoms with van der Waals surface area (Å²) in [5, 5.41) is 9.49. The van der Waals surface area contributed by atoms with Gasteiger partial charge in [0.1, 0.15) is 0 Å². The predicted molar refractivity (Wildman–Crippen MR) is 84.8 cm³/mol. The van der Waals surface area contributed by atoms with Crippen LogP contribution in [0, 0.1) is 23.7 Å². The Morgan fingerprint density at radius 1 is 1.00 bits per heavy atom. The van der Waals surface area contributed by atoms with Crippen LogP contribution in [0.4, 0.5) is 0 Å². The molecule has 1 saturated carbocycles. The molecule has 3 aliphatic carbocycles. The van der Waals surface area contributed by atoms with E-state index in [1.165, 1.54) is 31.5 Å². The maximum absolute atomic E-state index is 9.49. The molecule has 1 aromatic rings. The molecule has 4 aliphatic rings. The van der Waals surface area contributed by atoms with Crippen LogP contribution in [0.25, 0.3) is 0 Å². The number of benzene rings is 1. The van der Waals surface area contributed by atoms with Gasteiger partial charge in [0.05, 0.1) is 0 Å². The van der Waals surface area contributed by atoms with Gasteiger partial charge in [-0.15, -0.1) is 0 Å². The summed E-state index contributed by atoms with van der Waals surface area (Å²) in [5.41, 5.74) is 1.37. The van der Waals surface area contributed by atoms with E-state index in [0.717, 1.165) is 30.1 Å². The van der Waals surface area contributed by atoms with Crippen molar-refractivity contribution in [2.45, 2.75) is 25.3 Å². The quantitative estimate of drug-likeness (QED) is 0.857. The standard InChI is InChI=1S/C19H25NO/c21-11-10-19(16-4-2-1-3-5-16)20-12-17-14-6-7-15(9-8-14)18(17)13-20/h1-7,14-15,17-19,21H,8-13H2. The summed E-state index contributed by atoms with van der Waals surface area (Å²) in [7, 11) is 0. The summed E-state index contributed by atoms with van der Waals surface area (Å²) in [6.45, 7) is 2.71. The van der Waals surface area contributed by atoms with E-state index in [9.17, 15) is 5.11 Å². The van der Waals surface area contributed by atoms with E-state index in [1.807, 2.05) is 0 Å². The first-order chi connectivity index (χ1) is 10.4. The second kappa shape index (κ2) is 5.58. The lowest BCUT2D eigenvalue weighted by Crippen LogP contribution is -2.35. The van der Waals surface area contributed by atoms with Gasteiger partial charge in [0.15, 0.2) is 0 Å². The molecule has 0 amide bonds. The fourth-order valence-corrected chi connectivity index (χ4v) is 4.98. The molecule has 112 valence electrons. The van der Waals surface area contributed by atoms with Crippen LogP contribution in [0.5, 0.6) is 0 Å². The fraction of sp³-hybridized carbons (Fsp3) is 0.579. The zero-order valence-corrected chi connectivity index (χ0v) is 12.6. The minimum absolute atomic E-state index is 0.274. The van der Waals surface area contributed by atoms with E-state index in [4.69, 9.17) is 0 Å². The molecule has 2 bridgehead atoms. The molecular weight excluding hydrogens is 258 g/mol. The van der Waals surface area contributed by atoms with Crippen molar-refractivity contribution in [2.24, 2.45) is 23.7 Å². The van der Waals surface area contributed by atoms with Gasteiger partial charge in [0.2, 0.25) is 0 Å². The first-order valence-electron chi connectivity index (χ1n) is 8.45. The molecule has 1 aromatic carbocycles. The Balaban J connectivity index is 1.56. The van der Waals surface area contributed by atoms with E-state index < -0.39 is 0 Å². The van der Waals surface area contributed by atoms with Crippen LogP contribution in [0.2, 0.25) is 0 Å². The minimum Gasteiger partial charge on any atom is -0.396 e. The van der Waals surface area contributed by atoms with Crippen molar-refractivity contribution in [3.8, 4) is 0 Å². The smallest absolute Gasteiger partial charge is 0.0449 e. The van der Waals surface area contributed by atoms with Crippen molar-refractivity contribution in [3.63, 3.8) is 0 Å². The number of aliphatic hydroxyl groups is 1. The van der Waals surface area contributed by atoms with Gasteiger partial charge in [0, 0.05) is 25.7 Å². The van der Waals surface area contributed by atoms with Crippen molar-refractivity contribution in [1.82, 2.24) is 4.90 Å². The second-order valence-electron chi connectivity index (χ2n) is 7.01. The van der Waals surface area contributed by atoms with Crippen molar-refractivity contribution in [3.05, 3.63) is 48.0 Å². The number of hydrogen-bond donors (Lipinski definition) is 1. The number of likely N-dealkylation sites (tertiary alicyclic amines) is 1. The molecule has 1 saturated heterocycles. The Morgan fingerprint density at radius 2 is 1.62 bits per heavy atom. The van der Waals surface area contributed by atoms with E-state index in [-0.39, 0.29) is 6.61 Å². The summed E-state index contributed by atoms with van der Waals surface area (Å²) in [6.07, 6.45) is 8.62. The lowest BCUT2D eigenvalue weighted by Gasteiger charge is -2.40. The molecule has 5 rings (SSSR count). The van der Waals surface area contributed by atoms with Crippen LogP contribution in [0.15, 0.2) is 42.5 Å². The summed E-state index contributed by atoms with van der Waals surface area (Å²) in [6, 6.07) is 11.1. The highest BCUT2D eigenvalue weighted by Gasteiger charge is 2.47. The SMILES string of the molecule is OCCC(c1ccccc1)N1CC2C3C=CC(CC3)C2C1. The third kappa shape index (κ3) is 2.35. The monoisotopic (exact) mass is 283 g/mol. The molecule has 5 unspecified atom stereocenters. The van der Waals surface area contributed by atoms with Crippen molar-refractivity contribution < 1.29 is 5.11 Å². The van der Waals surface area contributed by atoms with E-state index in [2.05, 4.69) is 47.4 Å². The van der Waals surface area contributed by atoms with E-state index >= 15 is 0 Å². The molecule has 2 fully saturated rings. The number of rotatable bonds is 4. The third-order valence-electron chi connectivity index (χ3n) is 6.01. The summed E-state index contributed by atoms with van der Waals surface area (Å²) >= 11 is 0. The first-order valence-corrected chi connectivity index (χ1v) is 8.45. The molecular formula is C19H25NO. The van der Waals surface area contributed by atoms with Crippen LogP contribution in [-0.2, 0) is 0 Å². The molecule has 2 heteroatoms. The molecule has 21 heavy (non-hydrogen) atoms. The molecule has 2 nitrogen and oxygen atoms in total. The number of nitrogens with zero attached hydrogens (tertiary/aromatic N) is 1. The summed E-state index contributed by atoms with van der Waals surface area (Å²) in [5.74, 6) is 3.35. The van der Waals surface area contributed by atoms with Crippen LogP contribution in [0.1, 0.15) is 30.9 Å². The minimum atomic E-state index is 0.274. The largest absolute Gasteiger partial charge is 0.396 e. The highest BCUT2D eigenvalue weighted by molar-refractivity contribution is 5.21. The van der Waals surface area contributed by atoms with Crippen molar-refractivity contribution in [2.75, 3.05) is 19.7 Å². The van der Waals surface area contributed by atoms with Crippen molar-refractivity contribution >= 4 is 0 Å². The van der Waals surface area contributed by atoms with Gasteiger partial charge in [-0.25, -0.2) is 0 Å². The molecule has 1 aliphatic heterocycles. The maximum atomic E-state index is 9.49. The van der Waals surface area contributed by atoms with E-state index in [1.54, 1.807) is 0 Å². The average molecular weight is 283 g/mol. The Labute approximate surface area is 127 Å². The molecule has 0 radical (unpaired) electrons. The van der Waals surface area contributed by atoms with Crippen molar-refractivity contribution in [1.29, 1.82) is 0 Å². The normalized spacial score (nSPS) is 35.9. The van der Waals surface area contributed by atoms with Crippen LogP contribution in [-0.4, -0.2) is 29.7 Å². The highest BCUT2D eigenvalue weighted by atomic mass is 16.3. The Bertz CT molecular complexity index is 490. The summed E-state index contributed by atoms with van der Waals surface area (Å²) in [4.78, 5) is 2.65. The number of allylic oxidation sites excluding steroid dienone is 2. The number of fused-ring (bicyclic) bond motifs is 1. The third-order valence-corrected chi connectivity index (χ3v) is 6.01. The predicted octanol–water partition coefficient (Wildman–Crippen LogP) is 3.25. The second-order valence-corrected chi connectivity index (χ2v) is 7.01. The fourth-order valence-electron chi connectivity index (χ4n) is 4.98. The van der Waals surface area contributed by atoms with Crippen LogP contribution in [0.3, 0.4) is 0 Å². The van der Waals surface area contributed by atoms with Gasteiger partial charge in [-0.3, -0.25) is 4.90 Å². The Morgan fingerprint density at radius 3 is 2.14 bits per heavy atom.